The van der Waals surface area contributed by atoms with Gasteiger partial charge in [-0.1, -0.05) is 121 Å². The number of rotatable bonds is 3. The lowest BCUT2D eigenvalue weighted by Crippen LogP contribution is -2.32. The van der Waals surface area contributed by atoms with Gasteiger partial charge in [0, 0.05) is 27.8 Å². The second-order valence-electron chi connectivity index (χ2n) is 11.9. The second kappa shape index (κ2) is 10.5. The van der Waals surface area contributed by atoms with Crippen molar-refractivity contribution in [2.24, 2.45) is 0 Å². The van der Waals surface area contributed by atoms with Crippen LogP contribution in [0.25, 0.3) is 45.3 Å². The molecule has 1 aliphatic carbocycles. The molecule has 2 heterocycles. The highest BCUT2D eigenvalue weighted by Crippen LogP contribution is 2.63. The Hall–Kier alpha value is -6.08. The Morgan fingerprint density at radius 3 is 1.58 bits per heavy atom. The number of halogens is 3. The summed E-state index contributed by atoms with van der Waals surface area (Å²) in [4.78, 5) is 14.7. The third kappa shape index (κ3) is 4.14. The SMILES string of the molecule is FC(F)(F)c1ccc(-c2nc(-c3ccccc3)nc(-c3cccc4c3-c3ccccc3C43c4ccccc4Oc4ccccc43)n2)cc1. The lowest BCUT2D eigenvalue weighted by atomic mass is 9.66. The van der Waals surface area contributed by atoms with Crippen molar-refractivity contribution in [3.05, 3.63) is 173 Å². The molecule has 0 N–H and O–H groups in total. The van der Waals surface area contributed by atoms with Crippen LogP contribution in [0.4, 0.5) is 13.2 Å². The van der Waals surface area contributed by atoms with Crippen molar-refractivity contribution < 1.29 is 17.9 Å². The van der Waals surface area contributed by atoms with E-state index in [9.17, 15) is 13.2 Å². The predicted octanol–water partition coefficient (Wildman–Crippen LogP) is 10.4. The summed E-state index contributed by atoms with van der Waals surface area (Å²) in [6, 6.07) is 45.4. The zero-order valence-corrected chi connectivity index (χ0v) is 25.2. The molecule has 0 radical (unpaired) electrons. The molecule has 4 nitrogen and oxygen atoms in total. The molecule has 2 aliphatic rings. The molecule has 0 amide bonds. The number of para-hydroxylation sites is 2. The number of alkyl halides is 3. The molecule has 1 spiro atoms. The van der Waals surface area contributed by atoms with Gasteiger partial charge in [-0.3, -0.25) is 0 Å². The first-order valence-corrected chi connectivity index (χ1v) is 15.5. The van der Waals surface area contributed by atoms with E-state index in [1.165, 1.54) is 12.1 Å². The molecule has 9 rings (SSSR count). The smallest absolute Gasteiger partial charge is 0.416 e. The van der Waals surface area contributed by atoms with E-state index in [0.717, 1.165) is 68.1 Å². The summed E-state index contributed by atoms with van der Waals surface area (Å²) in [6.07, 6.45) is -4.45. The molecule has 0 saturated heterocycles. The molecular weight excluding hydrogens is 607 g/mol. The van der Waals surface area contributed by atoms with Crippen molar-refractivity contribution in [1.29, 1.82) is 0 Å². The highest BCUT2D eigenvalue weighted by Gasteiger charge is 2.51. The Kier molecular flexibility index (Phi) is 6.14. The van der Waals surface area contributed by atoms with Crippen LogP contribution in [-0.4, -0.2) is 15.0 Å². The number of aromatic nitrogens is 3. The Balaban J connectivity index is 1.33. The fraction of sp³-hybridized carbons (Fsp3) is 0.0488. The van der Waals surface area contributed by atoms with E-state index in [2.05, 4.69) is 36.4 Å². The maximum absolute atomic E-state index is 13.4. The van der Waals surface area contributed by atoms with Gasteiger partial charge < -0.3 is 4.74 Å². The number of hydrogen-bond acceptors (Lipinski definition) is 4. The van der Waals surface area contributed by atoms with Crippen molar-refractivity contribution in [2.75, 3.05) is 0 Å². The first kappa shape index (κ1) is 28.2. The van der Waals surface area contributed by atoms with Crippen LogP contribution in [-0.2, 0) is 11.6 Å². The van der Waals surface area contributed by atoms with Gasteiger partial charge in [-0.05, 0) is 46.5 Å². The molecule has 7 heteroatoms. The molecule has 7 aromatic rings. The van der Waals surface area contributed by atoms with E-state index in [-0.39, 0.29) is 5.82 Å². The van der Waals surface area contributed by atoms with Crippen molar-refractivity contribution in [3.8, 4) is 56.8 Å². The van der Waals surface area contributed by atoms with Crippen molar-refractivity contribution in [1.82, 2.24) is 15.0 Å². The molecule has 0 unspecified atom stereocenters. The minimum Gasteiger partial charge on any atom is -0.457 e. The quantitative estimate of drug-likeness (QED) is 0.195. The van der Waals surface area contributed by atoms with Crippen molar-refractivity contribution in [2.45, 2.75) is 11.6 Å². The van der Waals surface area contributed by atoms with Crippen LogP contribution < -0.4 is 4.74 Å². The number of hydrogen-bond donors (Lipinski definition) is 0. The summed E-state index contributed by atoms with van der Waals surface area (Å²) in [5, 5.41) is 0. The van der Waals surface area contributed by atoms with E-state index in [0.29, 0.717) is 17.2 Å². The van der Waals surface area contributed by atoms with Gasteiger partial charge in [-0.15, -0.1) is 0 Å². The second-order valence-corrected chi connectivity index (χ2v) is 11.9. The van der Waals surface area contributed by atoms with Gasteiger partial charge in [0.25, 0.3) is 0 Å². The number of benzene rings is 6. The zero-order chi connectivity index (χ0) is 32.5. The molecule has 1 aliphatic heterocycles. The van der Waals surface area contributed by atoms with Gasteiger partial charge >= 0.3 is 6.18 Å². The summed E-state index contributed by atoms with van der Waals surface area (Å²) in [7, 11) is 0. The zero-order valence-electron chi connectivity index (χ0n) is 25.2. The normalized spacial score (nSPS) is 13.6. The molecule has 48 heavy (non-hydrogen) atoms. The van der Waals surface area contributed by atoms with Crippen molar-refractivity contribution >= 4 is 0 Å². The van der Waals surface area contributed by atoms with Gasteiger partial charge in [-0.25, -0.2) is 15.0 Å². The molecule has 0 bridgehead atoms. The lowest BCUT2D eigenvalue weighted by molar-refractivity contribution is -0.137. The summed E-state index contributed by atoms with van der Waals surface area (Å²) >= 11 is 0. The third-order valence-electron chi connectivity index (χ3n) is 9.25. The maximum atomic E-state index is 13.4. The molecule has 6 aromatic carbocycles. The highest BCUT2D eigenvalue weighted by atomic mass is 19.4. The van der Waals surface area contributed by atoms with Crippen LogP contribution in [0.5, 0.6) is 11.5 Å². The number of nitrogens with zero attached hydrogens (tertiary/aromatic N) is 3. The fourth-order valence-electron chi connectivity index (χ4n) is 7.24. The molecular formula is C41H24F3N3O. The Labute approximate surface area is 274 Å². The lowest BCUT2D eigenvalue weighted by Gasteiger charge is -2.39. The van der Waals surface area contributed by atoms with Gasteiger partial charge in [-0.2, -0.15) is 13.2 Å². The summed E-state index contributed by atoms with van der Waals surface area (Å²) in [5.41, 5.74) is 6.94. The average Bonchev–Trinajstić information content (AvgIpc) is 3.42. The summed E-state index contributed by atoms with van der Waals surface area (Å²) < 4.78 is 46.8. The molecule has 0 saturated carbocycles. The molecule has 0 fully saturated rings. The van der Waals surface area contributed by atoms with Crippen molar-refractivity contribution in [3.63, 3.8) is 0 Å². The maximum Gasteiger partial charge on any atom is 0.416 e. The van der Waals surface area contributed by atoms with Gasteiger partial charge in [0.1, 0.15) is 11.5 Å². The van der Waals surface area contributed by atoms with E-state index < -0.39 is 17.2 Å². The first-order valence-electron chi connectivity index (χ1n) is 15.5. The largest absolute Gasteiger partial charge is 0.457 e. The third-order valence-corrected chi connectivity index (χ3v) is 9.25. The van der Waals surface area contributed by atoms with Crippen LogP contribution in [0.2, 0.25) is 0 Å². The van der Waals surface area contributed by atoms with E-state index >= 15 is 0 Å². The van der Waals surface area contributed by atoms with Crippen LogP contribution in [0.1, 0.15) is 27.8 Å². The van der Waals surface area contributed by atoms with Gasteiger partial charge in [0.05, 0.1) is 11.0 Å². The Bertz CT molecular complexity index is 2320. The highest BCUT2D eigenvalue weighted by molar-refractivity contribution is 5.95. The minimum atomic E-state index is -4.45. The van der Waals surface area contributed by atoms with E-state index in [4.69, 9.17) is 19.7 Å². The fourth-order valence-corrected chi connectivity index (χ4v) is 7.24. The number of ether oxygens (including phenoxy) is 1. The van der Waals surface area contributed by atoms with Crippen LogP contribution in [0.15, 0.2) is 146 Å². The first-order chi connectivity index (χ1) is 23.4. The molecule has 230 valence electrons. The van der Waals surface area contributed by atoms with Gasteiger partial charge in [0.2, 0.25) is 0 Å². The van der Waals surface area contributed by atoms with Gasteiger partial charge in [0.15, 0.2) is 17.5 Å². The molecule has 0 atom stereocenters. The van der Waals surface area contributed by atoms with Crippen LogP contribution >= 0.6 is 0 Å². The standard InChI is InChI=1S/C41H24F3N3O/c42-41(43,44)27-23-21-26(22-24-27)38-45-37(25-11-2-1-3-12-25)46-39(47-38)29-14-10-18-33-36(29)28-13-4-5-15-30(28)40(33)31-16-6-8-19-34(31)48-35-20-9-7-17-32(35)40/h1-24H. The number of fused-ring (bicyclic) bond motifs is 9. The Morgan fingerprint density at radius 2 is 0.938 bits per heavy atom. The molecule has 1 aromatic heterocycles. The van der Waals surface area contributed by atoms with E-state index in [1.54, 1.807) is 0 Å². The topological polar surface area (TPSA) is 47.9 Å². The predicted molar refractivity (Wildman–Crippen MR) is 179 cm³/mol. The summed E-state index contributed by atoms with van der Waals surface area (Å²) in [6.45, 7) is 0. The summed E-state index contributed by atoms with van der Waals surface area (Å²) in [5.74, 6) is 2.72. The average molecular weight is 632 g/mol. The van der Waals surface area contributed by atoms with Crippen LogP contribution in [0.3, 0.4) is 0 Å². The van der Waals surface area contributed by atoms with Crippen LogP contribution in [0, 0.1) is 0 Å². The monoisotopic (exact) mass is 631 g/mol. The Morgan fingerprint density at radius 1 is 0.438 bits per heavy atom. The van der Waals surface area contributed by atoms with E-state index in [1.807, 2.05) is 84.9 Å². The minimum absolute atomic E-state index is 0.285.